The molecule has 0 bridgehead atoms. The number of halogens is 1. The van der Waals surface area contributed by atoms with E-state index in [1.165, 1.54) is 38.6 Å². The van der Waals surface area contributed by atoms with Gasteiger partial charge in [0.25, 0.3) is 0 Å². The van der Waals surface area contributed by atoms with E-state index in [2.05, 4.69) is 32.8 Å². The molecule has 0 aromatic heterocycles. The van der Waals surface area contributed by atoms with Crippen molar-refractivity contribution in [3.05, 3.63) is 0 Å². The van der Waals surface area contributed by atoms with Crippen molar-refractivity contribution in [2.24, 2.45) is 10.9 Å². The maximum absolute atomic E-state index is 12.1. The summed E-state index contributed by atoms with van der Waals surface area (Å²) >= 11 is 0. The first-order chi connectivity index (χ1) is 11.7. The molecule has 0 spiro atoms. The van der Waals surface area contributed by atoms with Gasteiger partial charge in [0.05, 0.1) is 6.54 Å². The monoisotopic (exact) mass is 463 g/mol. The first kappa shape index (κ1) is 20.7. The molecule has 1 saturated heterocycles. The third-order valence-electron chi connectivity index (χ3n) is 5.64. The van der Waals surface area contributed by atoms with E-state index < -0.39 is 0 Å². The van der Waals surface area contributed by atoms with E-state index in [9.17, 15) is 4.79 Å². The molecule has 7 heteroatoms. The topological polar surface area (TPSA) is 68.8 Å². The number of rotatable bonds is 5. The van der Waals surface area contributed by atoms with Gasteiger partial charge in [-0.25, -0.2) is 0 Å². The highest BCUT2D eigenvalue weighted by Gasteiger charge is 2.38. The maximum Gasteiger partial charge on any atom is 0.239 e. The second-order valence-electron chi connectivity index (χ2n) is 7.74. The summed E-state index contributed by atoms with van der Waals surface area (Å²) in [5, 5.41) is 9.82. The summed E-state index contributed by atoms with van der Waals surface area (Å²) in [4.78, 5) is 19.0. The molecule has 3 aliphatic rings. The molecule has 2 saturated carbocycles. The Bertz CT molecular complexity index is 462. The van der Waals surface area contributed by atoms with Crippen LogP contribution in [0.5, 0.6) is 0 Å². The number of likely N-dealkylation sites (tertiary alicyclic amines) is 1. The van der Waals surface area contributed by atoms with Crippen LogP contribution in [0.4, 0.5) is 0 Å². The highest BCUT2D eigenvalue weighted by atomic mass is 127. The van der Waals surface area contributed by atoms with Gasteiger partial charge in [-0.05, 0) is 31.6 Å². The van der Waals surface area contributed by atoms with Crippen LogP contribution in [-0.4, -0.2) is 61.6 Å². The minimum Gasteiger partial charge on any atom is -0.352 e. The van der Waals surface area contributed by atoms with Crippen molar-refractivity contribution in [1.82, 2.24) is 20.9 Å². The standard InChI is InChI=1S/C18H33N5O.HI/c1-13-11-23(15-8-9-15)12-16(13)22-18(19-2)20-10-17(24)21-14-6-4-3-5-7-14;/h13-16H,3-12H2,1-2H3,(H,21,24)(H2,19,20,22);1H. The van der Waals surface area contributed by atoms with Crippen LogP contribution >= 0.6 is 24.0 Å². The van der Waals surface area contributed by atoms with Crippen LogP contribution in [0.1, 0.15) is 51.9 Å². The van der Waals surface area contributed by atoms with E-state index in [0.29, 0.717) is 24.5 Å². The van der Waals surface area contributed by atoms with Crippen LogP contribution in [0.15, 0.2) is 4.99 Å². The molecular weight excluding hydrogens is 429 g/mol. The smallest absolute Gasteiger partial charge is 0.239 e. The second-order valence-corrected chi connectivity index (χ2v) is 7.74. The Hall–Kier alpha value is -0.570. The van der Waals surface area contributed by atoms with Crippen LogP contribution in [0.3, 0.4) is 0 Å². The van der Waals surface area contributed by atoms with Crippen molar-refractivity contribution in [3.63, 3.8) is 0 Å². The van der Waals surface area contributed by atoms with E-state index >= 15 is 0 Å². The summed E-state index contributed by atoms with van der Waals surface area (Å²) in [7, 11) is 1.77. The van der Waals surface area contributed by atoms with Gasteiger partial charge in [0.1, 0.15) is 0 Å². The van der Waals surface area contributed by atoms with Gasteiger partial charge in [-0.15, -0.1) is 24.0 Å². The Morgan fingerprint density at radius 2 is 1.80 bits per heavy atom. The highest BCUT2D eigenvalue weighted by molar-refractivity contribution is 14.0. The van der Waals surface area contributed by atoms with Gasteiger partial charge in [0, 0.05) is 38.3 Å². The fraction of sp³-hybridized carbons (Fsp3) is 0.889. The van der Waals surface area contributed by atoms with Crippen LogP contribution in [0.2, 0.25) is 0 Å². The van der Waals surface area contributed by atoms with Crippen LogP contribution in [0, 0.1) is 5.92 Å². The molecule has 3 rings (SSSR count). The highest BCUT2D eigenvalue weighted by Crippen LogP contribution is 2.31. The van der Waals surface area contributed by atoms with Gasteiger partial charge in [-0.3, -0.25) is 14.7 Å². The van der Waals surface area contributed by atoms with Gasteiger partial charge in [0.2, 0.25) is 5.91 Å². The number of carbonyl (C=O) groups excluding carboxylic acids is 1. The lowest BCUT2D eigenvalue weighted by atomic mass is 9.95. The van der Waals surface area contributed by atoms with Crippen LogP contribution < -0.4 is 16.0 Å². The first-order valence-electron chi connectivity index (χ1n) is 9.66. The predicted octanol–water partition coefficient (Wildman–Crippen LogP) is 1.70. The average molecular weight is 463 g/mol. The average Bonchev–Trinajstić information content (AvgIpc) is 3.37. The van der Waals surface area contributed by atoms with E-state index in [-0.39, 0.29) is 29.9 Å². The molecule has 3 N–H and O–H groups in total. The molecule has 0 radical (unpaired) electrons. The summed E-state index contributed by atoms with van der Waals surface area (Å²) in [6.45, 7) is 4.84. The molecule has 144 valence electrons. The minimum absolute atomic E-state index is 0. The number of hydrogen-bond acceptors (Lipinski definition) is 3. The zero-order valence-electron chi connectivity index (χ0n) is 15.6. The summed E-state index contributed by atoms with van der Waals surface area (Å²) < 4.78 is 0. The molecule has 1 aliphatic heterocycles. The number of nitrogens with zero attached hydrogens (tertiary/aromatic N) is 2. The minimum atomic E-state index is 0. The first-order valence-corrected chi connectivity index (χ1v) is 9.66. The fourth-order valence-corrected chi connectivity index (χ4v) is 3.99. The predicted molar refractivity (Wildman–Crippen MR) is 112 cm³/mol. The molecule has 0 aromatic carbocycles. The molecule has 25 heavy (non-hydrogen) atoms. The van der Waals surface area contributed by atoms with Crippen molar-refractivity contribution in [2.45, 2.75) is 70.0 Å². The molecular formula is C18H34IN5O. The normalized spacial score (nSPS) is 28.3. The van der Waals surface area contributed by atoms with Crippen molar-refractivity contribution in [1.29, 1.82) is 0 Å². The van der Waals surface area contributed by atoms with Crippen molar-refractivity contribution < 1.29 is 4.79 Å². The zero-order chi connectivity index (χ0) is 16.9. The van der Waals surface area contributed by atoms with Gasteiger partial charge in [-0.2, -0.15) is 0 Å². The third kappa shape index (κ3) is 6.27. The Morgan fingerprint density at radius 3 is 2.44 bits per heavy atom. The summed E-state index contributed by atoms with van der Waals surface area (Å²) in [6.07, 6.45) is 8.72. The second kappa shape index (κ2) is 9.94. The number of aliphatic imine (C=N–C) groups is 1. The van der Waals surface area contributed by atoms with Gasteiger partial charge < -0.3 is 16.0 Å². The van der Waals surface area contributed by atoms with Gasteiger partial charge in [-0.1, -0.05) is 26.2 Å². The summed E-state index contributed by atoms with van der Waals surface area (Å²) in [5.41, 5.74) is 0. The fourth-order valence-electron chi connectivity index (χ4n) is 3.99. The Kier molecular flexibility index (Phi) is 8.25. The number of nitrogens with one attached hydrogen (secondary N) is 3. The van der Waals surface area contributed by atoms with Crippen LogP contribution in [-0.2, 0) is 4.79 Å². The molecule has 1 amide bonds. The SMILES string of the molecule is CN=C(NCC(=O)NC1CCCCC1)NC1CN(C2CC2)CC1C.I. The molecule has 2 unspecified atom stereocenters. The van der Waals surface area contributed by atoms with Crippen molar-refractivity contribution >= 4 is 35.8 Å². The zero-order valence-corrected chi connectivity index (χ0v) is 17.9. The summed E-state index contributed by atoms with van der Waals surface area (Å²) in [5.74, 6) is 1.42. The number of amides is 1. The van der Waals surface area contributed by atoms with Gasteiger partial charge in [0.15, 0.2) is 5.96 Å². The van der Waals surface area contributed by atoms with E-state index in [1.807, 2.05) is 0 Å². The molecule has 0 aromatic rings. The molecule has 3 fully saturated rings. The maximum atomic E-state index is 12.1. The largest absolute Gasteiger partial charge is 0.352 e. The number of guanidine groups is 1. The third-order valence-corrected chi connectivity index (χ3v) is 5.64. The lowest BCUT2D eigenvalue weighted by Crippen LogP contribution is -2.50. The summed E-state index contributed by atoms with van der Waals surface area (Å²) in [6, 6.07) is 1.60. The lowest BCUT2D eigenvalue weighted by molar-refractivity contribution is -0.120. The van der Waals surface area contributed by atoms with Crippen molar-refractivity contribution in [2.75, 3.05) is 26.7 Å². The Labute approximate surface area is 169 Å². The molecule has 2 atom stereocenters. The van der Waals surface area contributed by atoms with Crippen molar-refractivity contribution in [3.8, 4) is 0 Å². The Morgan fingerprint density at radius 1 is 1.08 bits per heavy atom. The Balaban J connectivity index is 0.00000225. The number of hydrogen-bond donors (Lipinski definition) is 3. The van der Waals surface area contributed by atoms with E-state index in [0.717, 1.165) is 31.4 Å². The van der Waals surface area contributed by atoms with Gasteiger partial charge >= 0.3 is 0 Å². The molecule has 1 heterocycles. The van der Waals surface area contributed by atoms with E-state index in [1.54, 1.807) is 7.05 Å². The van der Waals surface area contributed by atoms with E-state index in [4.69, 9.17) is 0 Å². The molecule has 6 nitrogen and oxygen atoms in total. The lowest BCUT2D eigenvalue weighted by Gasteiger charge is -2.23. The number of carbonyl (C=O) groups is 1. The van der Waals surface area contributed by atoms with Crippen LogP contribution in [0.25, 0.3) is 0 Å². The quantitative estimate of drug-likeness (QED) is 0.330. The molecule has 2 aliphatic carbocycles.